The summed E-state index contributed by atoms with van der Waals surface area (Å²) in [5, 5.41) is 0. The van der Waals surface area contributed by atoms with Crippen LogP contribution in [0.5, 0.6) is 0 Å². The van der Waals surface area contributed by atoms with Crippen molar-refractivity contribution in [2.45, 2.75) is 26.9 Å². The molecule has 0 saturated heterocycles. The van der Waals surface area contributed by atoms with Gasteiger partial charge in [-0.3, -0.25) is 4.79 Å². The minimum absolute atomic E-state index is 0.136. The molecule has 26 heavy (non-hydrogen) atoms. The average Bonchev–Trinajstić information content (AvgIpc) is 2.68. The van der Waals surface area contributed by atoms with Gasteiger partial charge in [0, 0.05) is 5.56 Å². The number of hydrogen-bond acceptors (Lipinski definition) is 4. The molecule has 0 amide bonds. The summed E-state index contributed by atoms with van der Waals surface area (Å²) in [6.45, 7) is 2.04. The van der Waals surface area contributed by atoms with E-state index in [-0.39, 0.29) is 18.9 Å². The molecule has 3 aromatic rings. The van der Waals surface area contributed by atoms with Crippen LogP contribution in [0.4, 0.5) is 0 Å². The molecule has 0 N–H and O–H groups in total. The third kappa shape index (κ3) is 4.29. The van der Waals surface area contributed by atoms with Crippen LogP contribution in [0.3, 0.4) is 0 Å². The van der Waals surface area contributed by atoms with E-state index in [9.17, 15) is 9.59 Å². The van der Waals surface area contributed by atoms with Crippen molar-refractivity contribution in [3.8, 4) is 0 Å². The summed E-state index contributed by atoms with van der Waals surface area (Å²) in [5.74, 6) is 0. The number of benzene rings is 2. The first-order valence-corrected chi connectivity index (χ1v) is 8.27. The predicted molar refractivity (Wildman–Crippen MR) is 97.7 cm³/mol. The number of nitrogens with zero attached hydrogens (tertiary/aromatic N) is 2. The molecule has 0 aliphatic carbocycles. The molecule has 0 atom stereocenters. The number of hydrogen-bond donors (Lipinski definition) is 0. The van der Waals surface area contributed by atoms with E-state index < -0.39 is 5.69 Å². The molecule has 2 aromatic carbocycles. The second kappa shape index (κ2) is 8.31. The fourth-order valence-electron chi connectivity index (χ4n) is 2.46. The first kappa shape index (κ1) is 17.7. The van der Waals surface area contributed by atoms with Crippen molar-refractivity contribution in [2.75, 3.05) is 0 Å². The Hall–Kier alpha value is -3.12. The zero-order valence-electron chi connectivity index (χ0n) is 14.5. The summed E-state index contributed by atoms with van der Waals surface area (Å²) in [6, 6.07) is 19.1. The number of aromatic nitrogens is 2. The van der Waals surface area contributed by atoms with E-state index in [4.69, 9.17) is 9.57 Å². The molecule has 0 aliphatic rings. The lowest BCUT2D eigenvalue weighted by Gasteiger charge is -2.13. The van der Waals surface area contributed by atoms with Crippen molar-refractivity contribution in [2.24, 2.45) is 0 Å². The molecular formula is C20H20N2O4. The monoisotopic (exact) mass is 352 g/mol. The molecule has 0 spiro atoms. The lowest BCUT2D eigenvalue weighted by molar-refractivity contribution is 0.0407. The maximum Gasteiger partial charge on any atom is 0.365 e. The van der Waals surface area contributed by atoms with Crippen molar-refractivity contribution in [1.82, 2.24) is 9.30 Å². The first-order valence-electron chi connectivity index (χ1n) is 8.27. The smallest absolute Gasteiger partial charge is 0.365 e. The van der Waals surface area contributed by atoms with Crippen LogP contribution < -0.4 is 16.1 Å². The van der Waals surface area contributed by atoms with E-state index >= 15 is 0 Å². The minimum Gasteiger partial charge on any atom is -0.405 e. The quantitative estimate of drug-likeness (QED) is 0.653. The number of ether oxygens (including phenoxy) is 1. The van der Waals surface area contributed by atoms with Crippen LogP contribution in [-0.2, 0) is 24.7 Å². The van der Waals surface area contributed by atoms with E-state index in [2.05, 4.69) is 0 Å². The second-order valence-electron chi connectivity index (χ2n) is 5.88. The molecule has 0 aliphatic heterocycles. The van der Waals surface area contributed by atoms with Gasteiger partial charge in [0.05, 0.1) is 12.8 Å². The summed E-state index contributed by atoms with van der Waals surface area (Å²) in [5.41, 5.74) is 1.34. The maximum absolute atomic E-state index is 12.5. The Balaban J connectivity index is 1.73. The highest BCUT2D eigenvalue weighted by molar-refractivity contribution is 5.14. The van der Waals surface area contributed by atoms with Crippen molar-refractivity contribution < 1.29 is 9.57 Å². The third-order valence-corrected chi connectivity index (χ3v) is 3.86. The molecule has 0 radical (unpaired) electrons. The fraction of sp³-hybridized carbons (Fsp3) is 0.200. The normalized spacial score (nSPS) is 10.7. The molecule has 6 nitrogen and oxygen atoms in total. The van der Waals surface area contributed by atoms with Crippen LogP contribution in [0.25, 0.3) is 0 Å². The molecule has 0 unspecified atom stereocenters. The zero-order chi connectivity index (χ0) is 18.4. The highest BCUT2D eigenvalue weighted by Crippen LogP contribution is 2.01. The molecule has 6 heteroatoms. The number of aryl methyl sites for hydroxylation is 1. The van der Waals surface area contributed by atoms with Crippen molar-refractivity contribution in [3.05, 3.63) is 104 Å². The van der Waals surface area contributed by atoms with E-state index in [0.29, 0.717) is 12.2 Å². The van der Waals surface area contributed by atoms with E-state index in [1.807, 2.05) is 60.7 Å². The van der Waals surface area contributed by atoms with Crippen LogP contribution in [0, 0.1) is 6.92 Å². The van der Waals surface area contributed by atoms with E-state index in [1.54, 1.807) is 6.92 Å². The Morgan fingerprint density at radius 2 is 1.42 bits per heavy atom. The zero-order valence-corrected chi connectivity index (χ0v) is 14.5. The van der Waals surface area contributed by atoms with Crippen LogP contribution in [0.15, 0.2) is 76.4 Å². The SMILES string of the molecule is Cc1cn(OCc2ccccc2)c(=O)n(COCc2ccccc2)c1=O. The van der Waals surface area contributed by atoms with Gasteiger partial charge in [-0.05, 0) is 18.1 Å². The largest absolute Gasteiger partial charge is 0.405 e. The maximum atomic E-state index is 12.5. The predicted octanol–water partition coefficient (Wildman–Crippen LogP) is 2.12. The Kier molecular flexibility index (Phi) is 5.66. The summed E-state index contributed by atoms with van der Waals surface area (Å²) < 4.78 is 7.64. The van der Waals surface area contributed by atoms with Gasteiger partial charge in [0.15, 0.2) is 0 Å². The van der Waals surface area contributed by atoms with E-state index in [0.717, 1.165) is 20.4 Å². The van der Waals surface area contributed by atoms with Crippen molar-refractivity contribution in [1.29, 1.82) is 0 Å². The Morgan fingerprint density at radius 1 is 0.846 bits per heavy atom. The topological polar surface area (TPSA) is 62.5 Å². The Morgan fingerprint density at radius 3 is 2.04 bits per heavy atom. The van der Waals surface area contributed by atoms with E-state index in [1.165, 1.54) is 6.20 Å². The standard InChI is InChI=1S/C20H20N2O4/c1-16-12-22(26-14-18-10-6-3-7-11-18)20(24)21(19(16)23)15-25-13-17-8-4-2-5-9-17/h2-12H,13-15H2,1H3. The van der Waals surface area contributed by atoms with Crippen LogP contribution in [0.1, 0.15) is 16.7 Å². The van der Waals surface area contributed by atoms with Gasteiger partial charge in [-0.2, -0.15) is 0 Å². The Bertz CT molecular complexity index is 963. The highest BCUT2D eigenvalue weighted by atomic mass is 16.7. The second-order valence-corrected chi connectivity index (χ2v) is 5.88. The van der Waals surface area contributed by atoms with Gasteiger partial charge in [0.2, 0.25) is 0 Å². The molecule has 0 saturated carbocycles. The van der Waals surface area contributed by atoms with Gasteiger partial charge in [-0.15, -0.1) is 4.73 Å². The molecule has 1 heterocycles. The molecule has 1 aromatic heterocycles. The van der Waals surface area contributed by atoms with Gasteiger partial charge >= 0.3 is 5.69 Å². The Labute approximate surface area is 150 Å². The van der Waals surface area contributed by atoms with Gasteiger partial charge in [0.25, 0.3) is 5.56 Å². The molecule has 134 valence electrons. The lowest BCUT2D eigenvalue weighted by atomic mass is 10.2. The molecule has 3 rings (SSSR count). The summed E-state index contributed by atoms with van der Waals surface area (Å²) in [6.07, 6.45) is 1.40. The molecular weight excluding hydrogens is 332 g/mol. The van der Waals surface area contributed by atoms with Crippen LogP contribution in [0.2, 0.25) is 0 Å². The van der Waals surface area contributed by atoms with Gasteiger partial charge in [-0.25, -0.2) is 9.36 Å². The minimum atomic E-state index is -0.565. The fourth-order valence-corrected chi connectivity index (χ4v) is 2.46. The lowest BCUT2D eigenvalue weighted by Crippen LogP contribution is -2.43. The summed E-state index contributed by atoms with van der Waals surface area (Å²) >= 11 is 0. The number of rotatable bonds is 7. The molecule has 0 bridgehead atoms. The average molecular weight is 352 g/mol. The van der Waals surface area contributed by atoms with Crippen LogP contribution in [-0.4, -0.2) is 9.30 Å². The highest BCUT2D eigenvalue weighted by Gasteiger charge is 2.10. The molecule has 0 fully saturated rings. The van der Waals surface area contributed by atoms with Crippen molar-refractivity contribution >= 4 is 0 Å². The summed E-state index contributed by atoms with van der Waals surface area (Å²) in [4.78, 5) is 30.4. The van der Waals surface area contributed by atoms with Gasteiger partial charge < -0.3 is 9.57 Å². The van der Waals surface area contributed by atoms with Crippen molar-refractivity contribution in [3.63, 3.8) is 0 Å². The van der Waals surface area contributed by atoms with Crippen LogP contribution >= 0.6 is 0 Å². The van der Waals surface area contributed by atoms with Gasteiger partial charge in [-0.1, -0.05) is 60.7 Å². The third-order valence-electron chi connectivity index (χ3n) is 3.86. The van der Waals surface area contributed by atoms with Gasteiger partial charge in [0.1, 0.15) is 13.3 Å². The first-order chi connectivity index (χ1) is 12.6. The summed E-state index contributed by atoms with van der Waals surface area (Å²) in [7, 11) is 0.